The third-order valence-electron chi connectivity index (χ3n) is 3.24. The number of anilines is 1. The first-order valence-electron chi connectivity index (χ1n) is 6.91. The Kier molecular flexibility index (Phi) is 11.5. The van der Waals surface area contributed by atoms with Crippen molar-refractivity contribution in [2.45, 2.75) is 28.5 Å². The minimum absolute atomic E-state index is 0. The second-order valence-electron chi connectivity index (χ2n) is 4.42. The molecule has 0 aliphatic heterocycles. The van der Waals surface area contributed by atoms with Gasteiger partial charge in [-0.05, 0) is 44.0 Å². The van der Waals surface area contributed by atoms with Crippen molar-refractivity contribution in [1.82, 2.24) is 4.90 Å². The molecule has 1 aromatic carbocycles. The number of carbonyl (C=O) groups is 1. The lowest BCUT2D eigenvalue weighted by Gasteiger charge is -2.19. The third kappa shape index (κ3) is 6.24. The number of hydrogen-bond donors (Lipinski definition) is 1. The summed E-state index contributed by atoms with van der Waals surface area (Å²) in [5, 5.41) is 3.10. The van der Waals surface area contributed by atoms with Crippen molar-refractivity contribution >= 4 is 59.3 Å². The number of nitrogens with zero attached hydrogens (tertiary/aromatic N) is 1. The zero-order valence-electron chi connectivity index (χ0n) is 13.8. The minimum Gasteiger partial charge on any atom is -0.323 e. The molecule has 0 aliphatic carbocycles. The molecule has 7 heteroatoms. The van der Waals surface area contributed by atoms with Gasteiger partial charge in [0.1, 0.15) is 0 Å². The van der Waals surface area contributed by atoms with Crippen LogP contribution in [0.4, 0.5) is 5.69 Å². The second-order valence-corrected chi connectivity index (χ2v) is 6.99. The SMILES string of the molecule is CCN(CC)CC(=O)Nc1c(SC)cc(SC)cc1SC.Cl. The molecule has 0 heterocycles. The van der Waals surface area contributed by atoms with E-state index in [1.807, 2.05) is 12.5 Å². The molecule has 1 aromatic rings. The average molecular weight is 381 g/mol. The maximum absolute atomic E-state index is 12.3. The highest BCUT2D eigenvalue weighted by molar-refractivity contribution is 8.00. The van der Waals surface area contributed by atoms with Crippen molar-refractivity contribution in [2.24, 2.45) is 0 Å². The summed E-state index contributed by atoms with van der Waals surface area (Å²) in [6.45, 7) is 6.37. The van der Waals surface area contributed by atoms with Crippen LogP contribution in [-0.4, -0.2) is 49.2 Å². The molecule has 0 bridgehead atoms. The predicted molar refractivity (Wildman–Crippen MR) is 105 cm³/mol. The van der Waals surface area contributed by atoms with Gasteiger partial charge in [-0.15, -0.1) is 47.7 Å². The summed E-state index contributed by atoms with van der Waals surface area (Å²) in [5.41, 5.74) is 0.949. The van der Waals surface area contributed by atoms with E-state index in [9.17, 15) is 4.79 Å². The summed E-state index contributed by atoms with van der Waals surface area (Å²) in [7, 11) is 0. The molecular weight excluding hydrogens is 356 g/mol. The number of likely N-dealkylation sites (N-methyl/N-ethyl adjacent to an activating group) is 1. The van der Waals surface area contributed by atoms with Gasteiger partial charge >= 0.3 is 0 Å². The molecule has 1 rings (SSSR count). The van der Waals surface area contributed by atoms with Crippen LogP contribution in [0.1, 0.15) is 13.8 Å². The van der Waals surface area contributed by atoms with Crippen molar-refractivity contribution in [3.63, 3.8) is 0 Å². The van der Waals surface area contributed by atoms with E-state index in [1.54, 1.807) is 35.3 Å². The maximum Gasteiger partial charge on any atom is 0.238 e. The lowest BCUT2D eigenvalue weighted by molar-refractivity contribution is -0.117. The lowest BCUT2D eigenvalue weighted by atomic mass is 10.3. The fourth-order valence-corrected chi connectivity index (χ4v) is 3.86. The number of rotatable bonds is 8. The molecule has 3 nitrogen and oxygen atoms in total. The standard InChI is InChI=1S/C15H24N2OS3.ClH/c1-6-17(7-2)10-14(18)16-15-12(20-4)8-11(19-3)9-13(15)21-5;/h8-9H,6-7,10H2,1-5H3,(H,16,18);1H. The van der Waals surface area contributed by atoms with Gasteiger partial charge < -0.3 is 5.32 Å². The van der Waals surface area contributed by atoms with E-state index in [4.69, 9.17) is 0 Å². The number of benzene rings is 1. The van der Waals surface area contributed by atoms with Crippen molar-refractivity contribution in [3.8, 4) is 0 Å². The van der Waals surface area contributed by atoms with Crippen LogP contribution in [0.15, 0.2) is 26.8 Å². The minimum atomic E-state index is 0. The monoisotopic (exact) mass is 380 g/mol. The van der Waals surface area contributed by atoms with Gasteiger partial charge in [0.15, 0.2) is 0 Å². The van der Waals surface area contributed by atoms with Gasteiger partial charge in [0.05, 0.1) is 12.2 Å². The van der Waals surface area contributed by atoms with Gasteiger partial charge in [0, 0.05) is 14.7 Å². The van der Waals surface area contributed by atoms with Crippen LogP contribution in [0.3, 0.4) is 0 Å². The number of thioether (sulfide) groups is 3. The van der Waals surface area contributed by atoms with E-state index in [1.165, 1.54) is 4.90 Å². The highest BCUT2D eigenvalue weighted by Gasteiger charge is 2.14. The van der Waals surface area contributed by atoms with Crippen LogP contribution < -0.4 is 5.32 Å². The number of halogens is 1. The quantitative estimate of drug-likeness (QED) is 0.668. The number of hydrogen-bond acceptors (Lipinski definition) is 5. The molecule has 1 amide bonds. The fraction of sp³-hybridized carbons (Fsp3) is 0.533. The summed E-state index contributed by atoms with van der Waals surface area (Å²) < 4.78 is 0. The lowest BCUT2D eigenvalue weighted by Crippen LogP contribution is -2.33. The van der Waals surface area contributed by atoms with Crippen LogP contribution >= 0.6 is 47.7 Å². The summed E-state index contributed by atoms with van der Waals surface area (Å²) in [4.78, 5) is 17.8. The Hall–Kier alpha value is -0.0100. The highest BCUT2D eigenvalue weighted by Crippen LogP contribution is 2.38. The molecule has 22 heavy (non-hydrogen) atoms. The topological polar surface area (TPSA) is 32.3 Å². The van der Waals surface area contributed by atoms with E-state index in [-0.39, 0.29) is 18.3 Å². The number of amides is 1. The smallest absolute Gasteiger partial charge is 0.238 e. The molecule has 126 valence electrons. The zero-order chi connectivity index (χ0) is 15.8. The first-order chi connectivity index (χ1) is 10.1. The molecular formula is C15H25ClN2OS3. The summed E-state index contributed by atoms with van der Waals surface area (Å²) in [6.07, 6.45) is 6.16. The van der Waals surface area contributed by atoms with Crippen LogP contribution in [0.2, 0.25) is 0 Å². The van der Waals surface area contributed by atoms with Crippen molar-refractivity contribution < 1.29 is 4.79 Å². The van der Waals surface area contributed by atoms with Crippen molar-refractivity contribution in [3.05, 3.63) is 12.1 Å². The van der Waals surface area contributed by atoms with E-state index in [0.717, 1.165) is 28.6 Å². The summed E-state index contributed by atoms with van der Waals surface area (Å²) in [6, 6.07) is 4.28. The van der Waals surface area contributed by atoms with Gasteiger partial charge in [0.2, 0.25) is 5.91 Å². The molecule has 0 atom stereocenters. The normalized spacial score (nSPS) is 10.5. The molecule has 0 spiro atoms. The second kappa shape index (κ2) is 11.5. The molecule has 0 aliphatic rings. The van der Waals surface area contributed by atoms with E-state index in [0.29, 0.717) is 6.54 Å². The molecule has 0 saturated heterocycles. The Labute approximate surface area is 153 Å². The highest BCUT2D eigenvalue weighted by atomic mass is 35.5. The zero-order valence-corrected chi connectivity index (χ0v) is 17.0. The molecule has 0 fully saturated rings. The van der Waals surface area contributed by atoms with Gasteiger partial charge in [-0.2, -0.15) is 0 Å². The number of nitrogens with one attached hydrogen (secondary N) is 1. The first-order valence-corrected chi connectivity index (χ1v) is 10.6. The Morgan fingerprint density at radius 2 is 1.55 bits per heavy atom. The Balaban J connectivity index is 0.00000441. The van der Waals surface area contributed by atoms with Gasteiger partial charge in [0.25, 0.3) is 0 Å². The summed E-state index contributed by atoms with van der Waals surface area (Å²) >= 11 is 5.07. The van der Waals surface area contributed by atoms with Gasteiger partial charge in [-0.3, -0.25) is 9.69 Å². The Morgan fingerprint density at radius 3 is 1.91 bits per heavy atom. The van der Waals surface area contributed by atoms with E-state index < -0.39 is 0 Å². The van der Waals surface area contributed by atoms with E-state index >= 15 is 0 Å². The Bertz CT molecular complexity index is 457. The molecule has 0 saturated carbocycles. The van der Waals surface area contributed by atoms with Crippen molar-refractivity contribution in [1.29, 1.82) is 0 Å². The van der Waals surface area contributed by atoms with Gasteiger partial charge in [-0.25, -0.2) is 0 Å². The van der Waals surface area contributed by atoms with Crippen molar-refractivity contribution in [2.75, 3.05) is 43.7 Å². The molecule has 0 unspecified atom stereocenters. The number of carbonyl (C=O) groups excluding carboxylic acids is 1. The molecule has 0 aromatic heterocycles. The first kappa shape index (κ1) is 22.0. The fourth-order valence-electron chi connectivity index (χ4n) is 1.96. The van der Waals surface area contributed by atoms with Crippen LogP contribution in [0.25, 0.3) is 0 Å². The molecule has 0 radical (unpaired) electrons. The largest absolute Gasteiger partial charge is 0.323 e. The van der Waals surface area contributed by atoms with E-state index in [2.05, 4.69) is 42.5 Å². The van der Waals surface area contributed by atoms with Crippen LogP contribution in [0, 0.1) is 0 Å². The summed E-state index contributed by atoms with van der Waals surface area (Å²) in [5.74, 6) is 0.0567. The maximum atomic E-state index is 12.3. The van der Waals surface area contributed by atoms with Crippen LogP contribution in [-0.2, 0) is 4.79 Å². The van der Waals surface area contributed by atoms with Gasteiger partial charge in [-0.1, -0.05) is 13.8 Å². The Morgan fingerprint density at radius 1 is 1.05 bits per heavy atom. The van der Waals surface area contributed by atoms with Crippen LogP contribution in [0.5, 0.6) is 0 Å². The molecule has 1 N–H and O–H groups in total. The average Bonchev–Trinajstić information content (AvgIpc) is 2.52. The predicted octanol–water partition coefficient (Wildman–Crippen LogP) is 4.55. The third-order valence-corrected chi connectivity index (χ3v) is 5.47.